The van der Waals surface area contributed by atoms with Crippen LogP contribution < -0.4 is 15.4 Å². The molecule has 1 spiro atoms. The molecule has 3 aliphatic heterocycles. The molecule has 3 heterocycles. The first kappa shape index (κ1) is 27.8. The molecule has 4 aliphatic rings. The highest BCUT2D eigenvalue weighted by Gasteiger charge is 2.72. The van der Waals surface area contributed by atoms with E-state index in [0.29, 0.717) is 28.3 Å². The highest BCUT2D eigenvalue weighted by Crippen LogP contribution is 2.55. The van der Waals surface area contributed by atoms with E-state index in [-0.39, 0.29) is 30.3 Å². The summed E-state index contributed by atoms with van der Waals surface area (Å²) in [6.45, 7) is 4.61. The van der Waals surface area contributed by atoms with E-state index in [1.54, 1.807) is 36.3 Å². The summed E-state index contributed by atoms with van der Waals surface area (Å²) in [4.78, 5) is 43.7. The van der Waals surface area contributed by atoms with Gasteiger partial charge in [-0.2, -0.15) is 0 Å². The average Bonchev–Trinajstić information content (AvgIpc) is 3.59. The van der Waals surface area contributed by atoms with Gasteiger partial charge in [0.05, 0.1) is 25.0 Å². The minimum absolute atomic E-state index is 0.0177. The van der Waals surface area contributed by atoms with Crippen LogP contribution in [0.15, 0.2) is 60.7 Å². The number of halogens is 1. The molecule has 8 atom stereocenters. The molecule has 0 aromatic heterocycles. The van der Waals surface area contributed by atoms with Crippen LogP contribution in [-0.2, 0) is 25.7 Å². The van der Waals surface area contributed by atoms with Crippen LogP contribution >= 0.6 is 11.6 Å². The Balaban J connectivity index is 1.33. The minimum atomic E-state index is -1.22. The Bertz CT molecular complexity index is 1380. The van der Waals surface area contributed by atoms with Crippen molar-refractivity contribution in [3.05, 3.63) is 71.3 Å². The van der Waals surface area contributed by atoms with Gasteiger partial charge >= 0.3 is 0 Å². The number of carbonyl (C=O) groups excluding carboxylic acids is 3. The molecule has 216 valence electrons. The fourth-order valence-corrected chi connectivity index (χ4v) is 7.39. The number of rotatable bonds is 7. The molecule has 2 aromatic carbocycles. The van der Waals surface area contributed by atoms with Gasteiger partial charge in [-0.15, -0.1) is 0 Å². The zero-order valence-electron chi connectivity index (χ0n) is 23.5. The Hall–Kier alpha value is -3.36. The molecule has 3 amide bonds. The van der Waals surface area contributed by atoms with Crippen molar-refractivity contribution < 1.29 is 23.9 Å². The lowest BCUT2D eigenvalue weighted by Gasteiger charge is -2.38. The topological polar surface area (TPSA) is 97.0 Å². The number of hydrogen-bond donors (Lipinski definition) is 2. The molecule has 2 bridgehead atoms. The van der Waals surface area contributed by atoms with Gasteiger partial charge < -0.3 is 25.0 Å². The van der Waals surface area contributed by atoms with Crippen molar-refractivity contribution >= 4 is 35.0 Å². The number of carbonyl (C=O) groups is 3. The van der Waals surface area contributed by atoms with Crippen LogP contribution in [0, 0.1) is 23.7 Å². The van der Waals surface area contributed by atoms with Crippen molar-refractivity contribution in [2.24, 2.45) is 23.7 Å². The summed E-state index contributed by atoms with van der Waals surface area (Å²) in [5.74, 6) is -0.911. The third-order valence-electron chi connectivity index (χ3n) is 9.56. The summed E-state index contributed by atoms with van der Waals surface area (Å²) in [6.07, 6.45) is 6.16. The van der Waals surface area contributed by atoms with Crippen molar-refractivity contribution in [1.29, 1.82) is 0 Å². The van der Waals surface area contributed by atoms with Crippen LogP contribution in [0.3, 0.4) is 0 Å². The Kier molecular flexibility index (Phi) is 7.32. The van der Waals surface area contributed by atoms with Gasteiger partial charge in [0.15, 0.2) is 0 Å². The molecule has 2 N–H and O–H groups in total. The molecule has 41 heavy (non-hydrogen) atoms. The number of likely N-dealkylation sites (tertiary alicyclic amines) is 1. The van der Waals surface area contributed by atoms with Gasteiger partial charge in [-0.3, -0.25) is 14.4 Å². The zero-order chi connectivity index (χ0) is 28.9. The third-order valence-corrected chi connectivity index (χ3v) is 9.80. The van der Waals surface area contributed by atoms with E-state index in [4.69, 9.17) is 21.1 Å². The maximum absolute atomic E-state index is 14.3. The Morgan fingerprint density at radius 2 is 1.90 bits per heavy atom. The maximum atomic E-state index is 14.3. The largest absolute Gasteiger partial charge is 0.497 e. The fourth-order valence-electron chi connectivity index (χ4n) is 7.20. The summed E-state index contributed by atoms with van der Waals surface area (Å²) in [7, 11) is 1.60. The normalized spacial score (nSPS) is 33.5. The van der Waals surface area contributed by atoms with Gasteiger partial charge in [0, 0.05) is 23.3 Å². The van der Waals surface area contributed by atoms with E-state index in [0.717, 1.165) is 24.8 Å². The molecule has 1 saturated carbocycles. The van der Waals surface area contributed by atoms with Gasteiger partial charge in [0.1, 0.15) is 17.4 Å². The molecule has 3 fully saturated rings. The quantitative estimate of drug-likeness (QED) is 0.470. The van der Waals surface area contributed by atoms with E-state index in [2.05, 4.69) is 24.5 Å². The van der Waals surface area contributed by atoms with Gasteiger partial charge in [-0.05, 0) is 54.2 Å². The molecule has 0 radical (unpaired) electrons. The monoisotopic (exact) mass is 577 g/mol. The highest BCUT2D eigenvalue weighted by molar-refractivity contribution is 6.30. The Morgan fingerprint density at radius 1 is 1.12 bits per heavy atom. The predicted molar refractivity (Wildman–Crippen MR) is 155 cm³/mol. The Morgan fingerprint density at radius 3 is 2.63 bits per heavy atom. The Labute approximate surface area is 245 Å². The zero-order valence-corrected chi connectivity index (χ0v) is 24.3. The molecular formula is C32H36ClN3O5. The number of benzene rings is 2. The van der Waals surface area contributed by atoms with E-state index < -0.39 is 29.6 Å². The second kappa shape index (κ2) is 10.8. The van der Waals surface area contributed by atoms with Gasteiger partial charge in [0.25, 0.3) is 0 Å². The first-order chi connectivity index (χ1) is 19.7. The number of amides is 3. The van der Waals surface area contributed by atoms with E-state index in [1.165, 1.54) is 0 Å². The predicted octanol–water partition coefficient (Wildman–Crippen LogP) is 4.58. The van der Waals surface area contributed by atoms with Crippen LogP contribution in [0.5, 0.6) is 5.75 Å². The smallest absolute Gasteiger partial charge is 0.246 e. The van der Waals surface area contributed by atoms with Crippen molar-refractivity contribution in [3.63, 3.8) is 0 Å². The number of nitrogens with zero attached hydrogens (tertiary/aromatic N) is 1. The molecule has 6 unspecified atom stereocenters. The summed E-state index contributed by atoms with van der Waals surface area (Å²) in [6, 6.07) is 13.4. The molecule has 6 rings (SSSR count). The standard InChI is InChI=1S/C32H36ClN3O5/c1-18-6-4-9-24(19(18)2)35-30(38)28-32-15-14-25(41-32)26(29(37)34-22-8-5-7-21(33)16-22)27(32)31(39)36(28)17-20-10-12-23(40-3)13-11-20/h5,7-8,10-16,18-19,24-28H,4,6,9,17H2,1-3H3,(H,34,37)(H,35,38)/t18?,19?,24?,25-,26?,27-,28?,32?/m1/s1. The molecule has 8 nitrogen and oxygen atoms in total. The molecular weight excluding hydrogens is 542 g/mol. The van der Waals surface area contributed by atoms with Crippen molar-refractivity contribution in [1.82, 2.24) is 10.2 Å². The molecule has 1 aliphatic carbocycles. The number of anilines is 1. The van der Waals surface area contributed by atoms with E-state index in [9.17, 15) is 14.4 Å². The second-order valence-corrected chi connectivity index (χ2v) is 12.3. The van der Waals surface area contributed by atoms with Crippen LogP contribution in [0.25, 0.3) is 0 Å². The van der Waals surface area contributed by atoms with Gasteiger partial charge in [-0.1, -0.05) is 68.6 Å². The summed E-state index contributed by atoms with van der Waals surface area (Å²) in [5, 5.41) is 6.70. The van der Waals surface area contributed by atoms with Crippen LogP contribution in [0.1, 0.15) is 38.7 Å². The number of methoxy groups -OCH3 is 1. The first-order valence-corrected chi connectivity index (χ1v) is 14.8. The van der Waals surface area contributed by atoms with Crippen molar-refractivity contribution in [2.45, 2.75) is 63.4 Å². The number of nitrogens with one attached hydrogen (secondary N) is 2. The maximum Gasteiger partial charge on any atom is 0.246 e. The number of fused-ring (bicyclic) bond motifs is 1. The average molecular weight is 578 g/mol. The van der Waals surface area contributed by atoms with Gasteiger partial charge in [-0.25, -0.2) is 0 Å². The third kappa shape index (κ3) is 4.81. The minimum Gasteiger partial charge on any atom is -0.497 e. The van der Waals surface area contributed by atoms with E-state index >= 15 is 0 Å². The lowest BCUT2D eigenvalue weighted by Crippen LogP contribution is -2.57. The summed E-state index contributed by atoms with van der Waals surface area (Å²) < 4.78 is 11.8. The lowest BCUT2D eigenvalue weighted by atomic mass is 9.73. The van der Waals surface area contributed by atoms with E-state index in [1.807, 2.05) is 36.4 Å². The van der Waals surface area contributed by atoms with Crippen LogP contribution in [0.4, 0.5) is 5.69 Å². The highest BCUT2D eigenvalue weighted by atomic mass is 35.5. The molecule has 2 aromatic rings. The summed E-state index contributed by atoms with van der Waals surface area (Å²) >= 11 is 6.13. The van der Waals surface area contributed by atoms with Crippen LogP contribution in [0.2, 0.25) is 5.02 Å². The molecule has 9 heteroatoms. The second-order valence-electron chi connectivity index (χ2n) is 11.9. The van der Waals surface area contributed by atoms with Crippen molar-refractivity contribution in [2.75, 3.05) is 12.4 Å². The summed E-state index contributed by atoms with van der Waals surface area (Å²) in [5.41, 5.74) is 0.169. The fraction of sp³-hybridized carbons (Fsp3) is 0.469. The first-order valence-electron chi connectivity index (χ1n) is 14.4. The number of ether oxygens (including phenoxy) is 2. The van der Waals surface area contributed by atoms with Gasteiger partial charge in [0.2, 0.25) is 17.7 Å². The SMILES string of the molecule is COc1ccc(CN2C(=O)[C@H]3C(C(=O)Nc4cccc(Cl)c4)[C@H]4C=CC3(O4)C2C(=O)NC2CCCC(C)C2C)cc1. The van der Waals surface area contributed by atoms with Crippen LogP contribution in [-0.4, -0.2) is 53.5 Å². The van der Waals surface area contributed by atoms with Crippen molar-refractivity contribution in [3.8, 4) is 5.75 Å². The lowest BCUT2D eigenvalue weighted by molar-refractivity contribution is -0.142. The molecule has 2 saturated heterocycles. The number of hydrogen-bond acceptors (Lipinski definition) is 5.